The first-order valence-corrected chi connectivity index (χ1v) is 5.76. The molecule has 1 saturated heterocycles. The van der Waals surface area contributed by atoms with Gasteiger partial charge < -0.3 is 14.8 Å². The molecule has 1 aliphatic rings. The van der Waals surface area contributed by atoms with Gasteiger partial charge in [-0.15, -0.1) is 0 Å². The normalized spacial score (nSPS) is 24.8. The lowest BCUT2D eigenvalue weighted by Crippen LogP contribution is -2.26. The smallest absolute Gasteiger partial charge is 0.0717 e. The summed E-state index contributed by atoms with van der Waals surface area (Å²) in [6.07, 6.45) is 1.40. The van der Waals surface area contributed by atoms with Crippen LogP contribution in [-0.4, -0.2) is 32.4 Å². The maximum absolute atomic E-state index is 5.68. The largest absolute Gasteiger partial charge is 0.380 e. The molecule has 0 bridgehead atoms. The number of nitrogens with one attached hydrogen (secondary N) is 1. The molecule has 0 spiro atoms. The van der Waals surface area contributed by atoms with Crippen LogP contribution < -0.4 is 5.32 Å². The van der Waals surface area contributed by atoms with Crippen molar-refractivity contribution in [3.05, 3.63) is 35.9 Å². The van der Waals surface area contributed by atoms with Crippen LogP contribution in [0, 0.1) is 0 Å². The van der Waals surface area contributed by atoms with Gasteiger partial charge in [0, 0.05) is 19.7 Å². The lowest BCUT2D eigenvalue weighted by molar-refractivity contribution is 0.0893. The second kappa shape index (κ2) is 5.99. The van der Waals surface area contributed by atoms with E-state index in [9.17, 15) is 0 Å². The van der Waals surface area contributed by atoms with Crippen molar-refractivity contribution >= 4 is 0 Å². The van der Waals surface area contributed by atoms with Gasteiger partial charge in [0.15, 0.2) is 0 Å². The van der Waals surface area contributed by atoms with E-state index in [4.69, 9.17) is 9.47 Å². The maximum Gasteiger partial charge on any atom is 0.0717 e. The number of hydrogen-bond acceptors (Lipinski definition) is 3. The van der Waals surface area contributed by atoms with Crippen LogP contribution in [0.5, 0.6) is 0 Å². The standard InChI is InChI=1S/C13H19NO2/c1-15-13-7-12(14-8-13)10-16-9-11-5-3-2-4-6-11/h2-6,12-14H,7-10H2,1H3. The molecule has 1 aromatic carbocycles. The number of methoxy groups -OCH3 is 1. The van der Waals surface area contributed by atoms with E-state index in [0.717, 1.165) is 19.6 Å². The predicted molar refractivity (Wildman–Crippen MR) is 63.3 cm³/mol. The highest BCUT2D eigenvalue weighted by molar-refractivity contribution is 5.13. The fraction of sp³-hybridized carbons (Fsp3) is 0.538. The van der Waals surface area contributed by atoms with Crippen LogP contribution in [0.2, 0.25) is 0 Å². The molecule has 0 saturated carbocycles. The van der Waals surface area contributed by atoms with Crippen molar-refractivity contribution in [2.75, 3.05) is 20.3 Å². The van der Waals surface area contributed by atoms with Gasteiger partial charge in [-0.05, 0) is 12.0 Å². The summed E-state index contributed by atoms with van der Waals surface area (Å²) in [5.41, 5.74) is 1.23. The zero-order valence-corrected chi connectivity index (χ0v) is 9.69. The molecule has 1 N–H and O–H groups in total. The van der Waals surface area contributed by atoms with E-state index in [2.05, 4.69) is 17.4 Å². The molecule has 1 aromatic rings. The van der Waals surface area contributed by atoms with Crippen LogP contribution in [0.4, 0.5) is 0 Å². The van der Waals surface area contributed by atoms with Gasteiger partial charge in [-0.25, -0.2) is 0 Å². The van der Waals surface area contributed by atoms with Gasteiger partial charge in [0.2, 0.25) is 0 Å². The van der Waals surface area contributed by atoms with Crippen LogP contribution in [0.25, 0.3) is 0 Å². The van der Waals surface area contributed by atoms with Crippen LogP contribution in [0.3, 0.4) is 0 Å². The van der Waals surface area contributed by atoms with Gasteiger partial charge in [0.05, 0.1) is 19.3 Å². The highest BCUT2D eigenvalue weighted by atomic mass is 16.5. The van der Waals surface area contributed by atoms with Gasteiger partial charge in [-0.1, -0.05) is 30.3 Å². The minimum atomic E-state index is 0.352. The first kappa shape index (κ1) is 11.6. The van der Waals surface area contributed by atoms with Crippen molar-refractivity contribution in [2.24, 2.45) is 0 Å². The van der Waals surface area contributed by atoms with E-state index in [0.29, 0.717) is 18.8 Å². The minimum Gasteiger partial charge on any atom is -0.380 e. The average molecular weight is 221 g/mol. The van der Waals surface area contributed by atoms with E-state index in [1.54, 1.807) is 7.11 Å². The van der Waals surface area contributed by atoms with Gasteiger partial charge in [-0.2, -0.15) is 0 Å². The molecule has 3 nitrogen and oxygen atoms in total. The van der Waals surface area contributed by atoms with Crippen LogP contribution in [0.15, 0.2) is 30.3 Å². The third-order valence-electron chi connectivity index (χ3n) is 2.95. The average Bonchev–Trinajstić information content (AvgIpc) is 2.78. The molecule has 1 aliphatic heterocycles. The van der Waals surface area contributed by atoms with Gasteiger partial charge >= 0.3 is 0 Å². The molecular weight excluding hydrogens is 202 g/mol. The Kier molecular flexibility index (Phi) is 4.34. The van der Waals surface area contributed by atoms with Crippen LogP contribution >= 0.6 is 0 Å². The van der Waals surface area contributed by atoms with Crippen molar-refractivity contribution in [3.63, 3.8) is 0 Å². The Bertz CT molecular complexity index is 302. The monoisotopic (exact) mass is 221 g/mol. The summed E-state index contributed by atoms with van der Waals surface area (Å²) >= 11 is 0. The summed E-state index contributed by atoms with van der Waals surface area (Å²) in [5.74, 6) is 0. The molecule has 88 valence electrons. The van der Waals surface area contributed by atoms with Crippen LogP contribution in [0.1, 0.15) is 12.0 Å². The molecule has 0 aliphatic carbocycles. The Hall–Kier alpha value is -0.900. The molecule has 0 amide bonds. The number of hydrogen-bond donors (Lipinski definition) is 1. The van der Waals surface area contributed by atoms with Crippen molar-refractivity contribution in [1.29, 1.82) is 0 Å². The Labute approximate surface area is 96.8 Å². The second-order valence-electron chi connectivity index (χ2n) is 4.20. The molecule has 3 heteroatoms. The van der Waals surface area contributed by atoms with E-state index in [-0.39, 0.29) is 0 Å². The molecule has 2 rings (SSSR count). The molecule has 0 aromatic heterocycles. The summed E-state index contributed by atoms with van der Waals surface area (Å²) in [4.78, 5) is 0. The fourth-order valence-electron chi connectivity index (χ4n) is 1.98. The van der Waals surface area contributed by atoms with Crippen molar-refractivity contribution in [1.82, 2.24) is 5.32 Å². The summed E-state index contributed by atoms with van der Waals surface area (Å²) in [7, 11) is 1.76. The molecule has 1 heterocycles. The third kappa shape index (κ3) is 3.30. The quantitative estimate of drug-likeness (QED) is 0.819. The van der Waals surface area contributed by atoms with Gasteiger partial charge in [0.25, 0.3) is 0 Å². The third-order valence-corrected chi connectivity index (χ3v) is 2.95. The van der Waals surface area contributed by atoms with Crippen molar-refractivity contribution in [3.8, 4) is 0 Å². The molecular formula is C13H19NO2. The molecule has 2 atom stereocenters. The second-order valence-corrected chi connectivity index (χ2v) is 4.20. The zero-order valence-electron chi connectivity index (χ0n) is 9.69. The fourth-order valence-corrected chi connectivity index (χ4v) is 1.98. The lowest BCUT2D eigenvalue weighted by atomic mass is 10.2. The molecule has 1 fully saturated rings. The van der Waals surface area contributed by atoms with E-state index >= 15 is 0 Å². The Morgan fingerprint density at radius 2 is 2.12 bits per heavy atom. The van der Waals surface area contributed by atoms with Gasteiger partial charge in [0.1, 0.15) is 0 Å². The number of ether oxygens (including phenoxy) is 2. The highest BCUT2D eigenvalue weighted by Crippen LogP contribution is 2.10. The molecule has 2 unspecified atom stereocenters. The summed E-state index contributed by atoms with van der Waals surface area (Å²) < 4.78 is 11.0. The zero-order chi connectivity index (χ0) is 11.2. The Balaban J connectivity index is 1.65. The first-order valence-electron chi connectivity index (χ1n) is 5.76. The van der Waals surface area contributed by atoms with Crippen molar-refractivity contribution in [2.45, 2.75) is 25.2 Å². The lowest BCUT2D eigenvalue weighted by Gasteiger charge is -2.11. The van der Waals surface area contributed by atoms with E-state index < -0.39 is 0 Å². The number of rotatable bonds is 5. The van der Waals surface area contributed by atoms with Gasteiger partial charge in [-0.3, -0.25) is 0 Å². The Morgan fingerprint density at radius 3 is 2.81 bits per heavy atom. The van der Waals surface area contributed by atoms with E-state index in [1.165, 1.54) is 5.56 Å². The molecule has 0 radical (unpaired) electrons. The van der Waals surface area contributed by atoms with Crippen molar-refractivity contribution < 1.29 is 9.47 Å². The SMILES string of the molecule is COC1CNC(COCc2ccccc2)C1. The molecule has 16 heavy (non-hydrogen) atoms. The summed E-state index contributed by atoms with van der Waals surface area (Å²) in [6.45, 7) is 2.39. The highest BCUT2D eigenvalue weighted by Gasteiger charge is 2.23. The van der Waals surface area contributed by atoms with Crippen LogP contribution in [-0.2, 0) is 16.1 Å². The predicted octanol–water partition coefficient (Wildman–Crippen LogP) is 1.58. The minimum absolute atomic E-state index is 0.352. The Morgan fingerprint density at radius 1 is 1.31 bits per heavy atom. The summed E-state index contributed by atoms with van der Waals surface area (Å²) in [5, 5.41) is 3.39. The van der Waals surface area contributed by atoms with E-state index in [1.807, 2.05) is 18.2 Å². The summed E-state index contributed by atoms with van der Waals surface area (Å²) in [6, 6.07) is 10.7. The first-order chi connectivity index (χ1) is 7.88. The topological polar surface area (TPSA) is 30.5 Å². The maximum atomic E-state index is 5.68. The number of benzene rings is 1.